The molecule has 0 aliphatic carbocycles. The Morgan fingerprint density at radius 1 is 1.47 bits per heavy atom. The Labute approximate surface area is 103 Å². The number of rotatable bonds is 4. The predicted octanol–water partition coefficient (Wildman–Crippen LogP) is 1.99. The molecular formula is C14H21NO2. The van der Waals surface area contributed by atoms with Crippen LogP contribution in [0, 0.1) is 5.41 Å². The second kappa shape index (κ2) is 5.07. The minimum atomic E-state index is 0.0641. The van der Waals surface area contributed by atoms with E-state index in [9.17, 15) is 0 Å². The largest absolute Gasteiger partial charge is 0.496 e. The number of hydrogen-bond donors (Lipinski definition) is 1. The van der Waals surface area contributed by atoms with Gasteiger partial charge in [-0.25, -0.2) is 0 Å². The van der Waals surface area contributed by atoms with E-state index in [0.717, 1.165) is 25.2 Å². The third-order valence-corrected chi connectivity index (χ3v) is 3.97. The summed E-state index contributed by atoms with van der Waals surface area (Å²) in [7, 11) is 1.71. The minimum Gasteiger partial charge on any atom is -0.496 e. The van der Waals surface area contributed by atoms with Crippen LogP contribution in [-0.2, 0) is 11.2 Å². The van der Waals surface area contributed by atoms with Crippen LogP contribution in [0.25, 0.3) is 0 Å². The number of para-hydroxylation sites is 1. The highest BCUT2D eigenvalue weighted by Gasteiger charge is 2.40. The Kier molecular flexibility index (Phi) is 3.69. The molecule has 2 N–H and O–H groups in total. The van der Waals surface area contributed by atoms with Crippen LogP contribution in [0.4, 0.5) is 0 Å². The van der Waals surface area contributed by atoms with Crippen LogP contribution >= 0.6 is 0 Å². The fraction of sp³-hybridized carbons (Fsp3) is 0.571. The first kappa shape index (κ1) is 12.4. The number of ether oxygens (including phenoxy) is 2. The van der Waals surface area contributed by atoms with Crippen LogP contribution in [0.1, 0.15) is 18.9 Å². The van der Waals surface area contributed by atoms with E-state index < -0.39 is 0 Å². The van der Waals surface area contributed by atoms with Crippen molar-refractivity contribution in [1.82, 2.24) is 0 Å². The summed E-state index contributed by atoms with van der Waals surface area (Å²) in [4.78, 5) is 0. The molecule has 1 heterocycles. The summed E-state index contributed by atoms with van der Waals surface area (Å²) >= 11 is 0. The molecule has 2 rings (SSSR count). The van der Waals surface area contributed by atoms with Gasteiger partial charge in [0.2, 0.25) is 0 Å². The maximum atomic E-state index is 5.98. The second-order valence-electron chi connectivity index (χ2n) is 4.82. The minimum absolute atomic E-state index is 0.0641. The highest BCUT2D eigenvalue weighted by molar-refractivity contribution is 5.34. The van der Waals surface area contributed by atoms with Gasteiger partial charge in [0.05, 0.1) is 13.2 Å². The van der Waals surface area contributed by atoms with Crippen molar-refractivity contribution in [1.29, 1.82) is 0 Å². The van der Waals surface area contributed by atoms with E-state index in [0.29, 0.717) is 6.54 Å². The van der Waals surface area contributed by atoms with Crippen molar-refractivity contribution in [3.8, 4) is 5.75 Å². The zero-order valence-corrected chi connectivity index (χ0v) is 10.6. The van der Waals surface area contributed by atoms with Crippen molar-refractivity contribution in [2.24, 2.45) is 11.1 Å². The summed E-state index contributed by atoms with van der Waals surface area (Å²) in [5.41, 5.74) is 7.26. The van der Waals surface area contributed by atoms with Crippen molar-refractivity contribution in [2.75, 3.05) is 20.3 Å². The molecule has 94 valence electrons. The Hall–Kier alpha value is -1.06. The highest BCUT2D eigenvalue weighted by Crippen LogP contribution is 2.39. The molecule has 1 fully saturated rings. The molecular weight excluding hydrogens is 214 g/mol. The molecule has 0 bridgehead atoms. The maximum Gasteiger partial charge on any atom is 0.122 e. The van der Waals surface area contributed by atoms with Gasteiger partial charge >= 0.3 is 0 Å². The van der Waals surface area contributed by atoms with E-state index in [1.54, 1.807) is 7.11 Å². The van der Waals surface area contributed by atoms with Gasteiger partial charge in [0.15, 0.2) is 0 Å². The topological polar surface area (TPSA) is 44.5 Å². The second-order valence-corrected chi connectivity index (χ2v) is 4.82. The third kappa shape index (κ3) is 2.31. The first-order valence-corrected chi connectivity index (χ1v) is 6.15. The SMILES string of the molecule is COc1ccccc1CC1(CN)CCOC1C. The zero-order valence-electron chi connectivity index (χ0n) is 10.6. The average Bonchev–Trinajstić information content (AvgIpc) is 2.72. The summed E-state index contributed by atoms with van der Waals surface area (Å²) in [6, 6.07) is 8.15. The van der Waals surface area contributed by atoms with Crippen LogP contribution in [0.15, 0.2) is 24.3 Å². The van der Waals surface area contributed by atoms with E-state index in [1.165, 1.54) is 5.56 Å². The Balaban J connectivity index is 2.24. The van der Waals surface area contributed by atoms with Gasteiger partial charge in [0.1, 0.15) is 5.75 Å². The Morgan fingerprint density at radius 3 is 2.82 bits per heavy atom. The summed E-state index contributed by atoms with van der Waals surface area (Å²) in [6.07, 6.45) is 2.18. The fourth-order valence-electron chi connectivity index (χ4n) is 2.62. The van der Waals surface area contributed by atoms with Gasteiger partial charge in [-0.2, -0.15) is 0 Å². The third-order valence-electron chi connectivity index (χ3n) is 3.97. The van der Waals surface area contributed by atoms with Gasteiger partial charge < -0.3 is 15.2 Å². The molecule has 3 nitrogen and oxygen atoms in total. The molecule has 17 heavy (non-hydrogen) atoms. The zero-order chi connectivity index (χ0) is 12.3. The highest BCUT2D eigenvalue weighted by atomic mass is 16.5. The lowest BCUT2D eigenvalue weighted by atomic mass is 9.76. The van der Waals surface area contributed by atoms with E-state index >= 15 is 0 Å². The molecule has 3 heteroatoms. The fourth-order valence-corrected chi connectivity index (χ4v) is 2.62. The van der Waals surface area contributed by atoms with Crippen LogP contribution in [0.3, 0.4) is 0 Å². The molecule has 1 aliphatic rings. The molecule has 0 amide bonds. The van der Waals surface area contributed by atoms with E-state index in [1.807, 2.05) is 18.2 Å². The van der Waals surface area contributed by atoms with E-state index in [4.69, 9.17) is 15.2 Å². The molecule has 1 aliphatic heterocycles. The van der Waals surface area contributed by atoms with Gasteiger partial charge in [-0.1, -0.05) is 18.2 Å². The quantitative estimate of drug-likeness (QED) is 0.868. The monoisotopic (exact) mass is 235 g/mol. The van der Waals surface area contributed by atoms with Gasteiger partial charge in [0.25, 0.3) is 0 Å². The van der Waals surface area contributed by atoms with Crippen molar-refractivity contribution in [3.63, 3.8) is 0 Å². The average molecular weight is 235 g/mol. The molecule has 0 spiro atoms. The van der Waals surface area contributed by atoms with Crippen LogP contribution < -0.4 is 10.5 Å². The molecule has 2 atom stereocenters. The van der Waals surface area contributed by atoms with Crippen LogP contribution in [0.5, 0.6) is 5.75 Å². The smallest absolute Gasteiger partial charge is 0.122 e. The Bertz CT molecular complexity index is 380. The van der Waals surface area contributed by atoms with Crippen molar-refractivity contribution in [3.05, 3.63) is 29.8 Å². The Morgan fingerprint density at radius 2 is 2.24 bits per heavy atom. The van der Waals surface area contributed by atoms with Gasteiger partial charge in [0, 0.05) is 18.6 Å². The molecule has 2 unspecified atom stereocenters. The predicted molar refractivity (Wildman–Crippen MR) is 68.2 cm³/mol. The molecule has 1 aromatic rings. The first-order chi connectivity index (χ1) is 8.22. The van der Waals surface area contributed by atoms with Crippen LogP contribution in [0.2, 0.25) is 0 Å². The van der Waals surface area contributed by atoms with Crippen molar-refractivity contribution >= 4 is 0 Å². The molecule has 0 radical (unpaired) electrons. The number of benzene rings is 1. The summed E-state index contributed by atoms with van der Waals surface area (Å²) in [5.74, 6) is 0.944. The van der Waals surface area contributed by atoms with Gasteiger partial charge in [-0.05, 0) is 31.4 Å². The number of hydrogen-bond acceptors (Lipinski definition) is 3. The summed E-state index contributed by atoms with van der Waals surface area (Å²) < 4.78 is 11.1. The lowest BCUT2D eigenvalue weighted by molar-refractivity contribution is 0.0671. The normalized spacial score (nSPS) is 28.3. The molecule has 0 aromatic heterocycles. The standard InChI is InChI=1S/C14H21NO2/c1-11-14(10-15,7-8-17-11)9-12-5-3-4-6-13(12)16-2/h3-6,11H,7-10,15H2,1-2H3. The van der Waals surface area contributed by atoms with Crippen LogP contribution in [-0.4, -0.2) is 26.4 Å². The van der Waals surface area contributed by atoms with Gasteiger partial charge in [-0.3, -0.25) is 0 Å². The lowest BCUT2D eigenvalue weighted by Crippen LogP contribution is -2.38. The van der Waals surface area contributed by atoms with Crippen molar-refractivity contribution in [2.45, 2.75) is 25.9 Å². The molecule has 1 saturated heterocycles. The summed E-state index contributed by atoms with van der Waals surface area (Å²) in [6.45, 7) is 3.59. The van der Waals surface area contributed by atoms with Crippen molar-refractivity contribution < 1.29 is 9.47 Å². The van der Waals surface area contributed by atoms with E-state index in [2.05, 4.69) is 13.0 Å². The lowest BCUT2D eigenvalue weighted by Gasteiger charge is -2.31. The summed E-state index contributed by atoms with van der Waals surface area (Å²) in [5, 5.41) is 0. The first-order valence-electron chi connectivity index (χ1n) is 6.15. The molecule has 0 saturated carbocycles. The van der Waals surface area contributed by atoms with Gasteiger partial charge in [-0.15, -0.1) is 0 Å². The number of nitrogens with two attached hydrogens (primary N) is 1. The van der Waals surface area contributed by atoms with E-state index in [-0.39, 0.29) is 11.5 Å². The maximum absolute atomic E-state index is 5.98. The molecule has 1 aromatic carbocycles. The number of methoxy groups -OCH3 is 1.